The number of halogens is 1. The van der Waals surface area contributed by atoms with Crippen LogP contribution < -0.4 is 4.90 Å². The molecule has 0 atom stereocenters. The number of aromatic nitrogens is 1. The molecule has 72 valence electrons. The summed E-state index contributed by atoms with van der Waals surface area (Å²) < 4.78 is 0. The molecule has 0 saturated carbocycles. The molecule has 1 aromatic rings. The first kappa shape index (κ1) is 11.7. The number of likely N-dealkylation sites (N-methyl/N-ethyl adjacent to an activating group) is 1. The summed E-state index contributed by atoms with van der Waals surface area (Å²) in [5, 5.41) is 8.48. The molecular formula is C8H11ClN2O2. The third-order valence-electron chi connectivity index (χ3n) is 1.41. The largest absolute Gasteiger partial charge is 0.480 e. The van der Waals surface area contributed by atoms with Gasteiger partial charge in [-0.15, -0.1) is 12.4 Å². The van der Waals surface area contributed by atoms with Crippen LogP contribution in [0.3, 0.4) is 0 Å². The van der Waals surface area contributed by atoms with Gasteiger partial charge >= 0.3 is 5.97 Å². The highest BCUT2D eigenvalue weighted by Crippen LogP contribution is 2.04. The van der Waals surface area contributed by atoms with Crippen LogP contribution >= 0.6 is 12.4 Å². The van der Waals surface area contributed by atoms with Gasteiger partial charge in [0.25, 0.3) is 0 Å². The molecule has 0 amide bonds. The van der Waals surface area contributed by atoms with E-state index in [1.54, 1.807) is 30.3 Å². The average molecular weight is 203 g/mol. The molecule has 0 aliphatic rings. The number of carbonyl (C=O) groups is 1. The van der Waals surface area contributed by atoms with E-state index in [9.17, 15) is 4.79 Å². The smallest absolute Gasteiger partial charge is 0.323 e. The van der Waals surface area contributed by atoms with Crippen LogP contribution in [0.1, 0.15) is 0 Å². The third kappa shape index (κ3) is 3.75. The Kier molecular flexibility index (Phi) is 4.84. The van der Waals surface area contributed by atoms with E-state index < -0.39 is 5.97 Å². The van der Waals surface area contributed by atoms with Gasteiger partial charge in [0, 0.05) is 13.2 Å². The predicted octanol–water partition coefficient (Wildman–Crippen LogP) is 1.02. The van der Waals surface area contributed by atoms with Crippen LogP contribution in [-0.2, 0) is 4.79 Å². The number of hydrogen-bond acceptors (Lipinski definition) is 3. The molecule has 0 aliphatic carbocycles. The van der Waals surface area contributed by atoms with Crippen molar-refractivity contribution >= 4 is 24.2 Å². The quantitative estimate of drug-likeness (QED) is 0.796. The molecule has 0 saturated heterocycles. The summed E-state index contributed by atoms with van der Waals surface area (Å²) >= 11 is 0. The number of rotatable bonds is 3. The Balaban J connectivity index is 0.00000144. The lowest BCUT2D eigenvalue weighted by atomic mass is 10.4. The fourth-order valence-corrected chi connectivity index (χ4v) is 0.863. The lowest BCUT2D eigenvalue weighted by Gasteiger charge is -2.14. The highest BCUT2D eigenvalue weighted by molar-refractivity contribution is 5.85. The highest BCUT2D eigenvalue weighted by Gasteiger charge is 2.04. The number of anilines is 1. The maximum Gasteiger partial charge on any atom is 0.323 e. The minimum Gasteiger partial charge on any atom is -0.480 e. The van der Waals surface area contributed by atoms with Gasteiger partial charge in [-0.2, -0.15) is 0 Å². The van der Waals surface area contributed by atoms with Crippen LogP contribution in [0.4, 0.5) is 5.82 Å². The summed E-state index contributed by atoms with van der Waals surface area (Å²) in [5.41, 5.74) is 0. The van der Waals surface area contributed by atoms with Crippen molar-refractivity contribution in [1.82, 2.24) is 4.98 Å². The third-order valence-corrected chi connectivity index (χ3v) is 1.41. The van der Waals surface area contributed by atoms with E-state index in [0.29, 0.717) is 5.82 Å². The summed E-state index contributed by atoms with van der Waals surface area (Å²) in [6.07, 6.45) is 1.63. The van der Waals surface area contributed by atoms with E-state index in [2.05, 4.69) is 4.98 Å². The molecule has 0 bridgehead atoms. The van der Waals surface area contributed by atoms with Crippen LogP contribution in [0, 0.1) is 0 Å². The van der Waals surface area contributed by atoms with Crippen molar-refractivity contribution in [3.8, 4) is 0 Å². The van der Waals surface area contributed by atoms with Crippen molar-refractivity contribution < 1.29 is 9.90 Å². The predicted molar refractivity (Wildman–Crippen MR) is 52.4 cm³/mol. The summed E-state index contributed by atoms with van der Waals surface area (Å²) in [5.74, 6) is -0.192. The maximum atomic E-state index is 10.3. The molecule has 1 heterocycles. The Hall–Kier alpha value is -1.29. The van der Waals surface area contributed by atoms with Crippen LogP contribution in [0.25, 0.3) is 0 Å². The van der Waals surface area contributed by atoms with E-state index in [1.165, 1.54) is 0 Å². The molecule has 1 N–H and O–H groups in total. The van der Waals surface area contributed by atoms with Crippen molar-refractivity contribution in [3.63, 3.8) is 0 Å². The lowest BCUT2D eigenvalue weighted by molar-refractivity contribution is -0.135. The summed E-state index contributed by atoms with van der Waals surface area (Å²) in [6, 6.07) is 5.38. The zero-order valence-electron chi connectivity index (χ0n) is 7.17. The molecule has 0 unspecified atom stereocenters. The second-order valence-electron chi connectivity index (χ2n) is 2.44. The maximum absolute atomic E-state index is 10.3. The van der Waals surface area contributed by atoms with Gasteiger partial charge in [0.2, 0.25) is 0 Å². The molecule has 1 rings (SSSR count). The van der Waals surface area contributed by atoms with Crippen molar-refractivity contribution in [2.75, 3.05) is 18.5 Å². The van der Waals surface area contributed by atoms with Gasteiger partial charge in [0.05, 0.1) is 0 Å². The zero-order chi connectivity index (χ0) is 8.97. The Bertz CT molecular complexity index is 266. The molecule has 0 aliphatic heterocycles. The summed E-state index contributed by atoms with van der Waals surface area (Å²) in [6.45, 7) is -0.0307. The fraction of sp³-hybridized carbons (Fsp3) is 0.250. The van der Waals surface area contributed by atoms with Crippen molar-refractivity contribution in [2.24, 2.45) is 0 Å². The first-order valence-electron chi connectivity index (χ1n) is 3.54. The van der Waals surface area contributed by atoms with Gasteiger partial charge in [-0.25, -0.2) is 4.98 Å². The highest BCUT2D eigenvalue weighted by atomic mass is 35.5. The second kappa shape index (κ2) is 5.37. The lowest BCUT2D eigenvalue weighted by Crippen LogP contribution is -2.25. The molecule has 1 aromatic heterocycles. The SMILES string of the molecule is CN(CC(=O)O)c1ccccn1.Cl. The van der Waals surface area contributed by atoms with Gasteiger partial charge < -0.3 is 10.0 Å². The molecule has 0 spiro atoms. The minimum absolute atomic E-state index is 0. The van der Waals surface area contributed by atoms with Gasteiger partial charge in [0.15, 0.2) is 0 Å². The Morgan fingerprint density at radius 3 is 2.77 bits per heavy atom. The van der Waals surface area contributed by atoms with Crippen LogP contribution in [-0.4, -0.2) is 29.7 Å². The fourth-order valence-electron chi connectivity index (χ4n) is 0.863. The molecule has 5 heteroatoms. The first-order valence-corrected chi connectivity index (χ1v) is 3.54. The Morgan fingerprint density at radius 2 is 2.31 bits per heavy atom. The topological polar surface area (TPSA) is 53.4 Å². The molecule has 0 fully saturated rings. The monoisotopic (exact) mass is 202 g/mol. The van der Waals surface area contributed by atoms with Gasteiger partial charge in [-0.05, 0) is 12.1 Å². The van der Waals surface area contributed by atoms with Crippen molar-refractivity contribution in [3.05, 3.63) is 24.4 Å². The summed E-state index contributed by atoms with van der Waals surface area (Å²) in [4.78, 5) is 15.9. The van der Waals surface area contributed by atoms with E-state index in [0.717, 1.165) is 0 Å². The normalized spacial score (nSPS) is 8.69. The second-order valence-corrected chi connectivity index (χ2v) is 2.44. The first-order chi connectivity index (χ1) is 5.70. The van der Waals surface area contributed by atoms with Crippen molar-refractivity contribution in [2.45, 2.75) is 0 Å². The van der Waals surface area contributed by atoms with Gasteiger partial charge in [0.1, 0.15) is 12.4 Å². The van der Waals surface area contributed by atoms with E-state index in [1.807, 2.05) is 6.07 Å². The number of nitrogens with zero attached hydrogens (tertiary/aromatic N) is 2. The Morgan fingerprint density at radius 1 is 1.62 bits per heavy atom. The minimum atomic E-state index is -0.858. The number of hydrogen-bond donors (Lipinski definition) is 1. The summed E-state index contributed by atoms with van der Waals surface area (Å²) in [7, 11) is 1.69. The number of carboxylic acid groups (broad SMARTS) is 1. The van der Waals surface area contributed by atoms with Gasteiger partial charge in [-0.1, -0.05) is 6.07 Å². The average Bonchev–Trinajstić information content (AvgIpc) is 2.05. The molecular weight excluding hydrogens is 192 g/mol. The number of aliphatic carboxylic acids is 1. The Labute approximate surface area is 82.6 Å². The molecule has 13 heavy (non-hydrogen) atoms. The van der Waals surface area contributed by atoms with E-state index >= 15 is 0 Å². The van der Waals surface area contributed by atoms with Crippen LogP contribution in [0.5, 0.6) is 0 Å². The van der Waals surface area contributed by atoms with E-state index in [4.69, 9.17) is 5.11 Å². The van der Waals surface area contributed by atoms with Crippen molar-refractivity contribution in [1.29, 1.82) is 0 Å². The van der Waals surface area contributed by atoms with Gasteiger partial charge in [-0.3, -0.25) is 4.79 Å². The number of pyridine rings is 1. The standard InChI is InChI=1S/C8H10N2O2.ClH/c1-10(6-8(11)12)7-4-2-3-5-9-7;/h2-5H,6H2,1H3,(H,11,12);1H. The molecule has 4 nitrogen and oxygen atoms in total. The molecule has 0 aromatic carbocycles. The zero-order valence-corrected chi connectivity index (χ0v) is 7.99. The number of carboxylic acids is 1. The molecule has 0 radical (unpaired) electrons. The van der Waals surface area contributed by atoms with E-state index in [-0.39, 0.29) is 19.0 Å². The van der Waals surface area contributed by atoms with Crippen LogP contribution in [0.15, 0.2) is 24.4 Å². The van der Waals surface area contributed by atoms with Crippen LogP contribution in [0.2, 0.25) is 0 Å².